The molecule has 0 aliphatic carbocycles. The molecule has 3 heterocycles. The molecule has 1 aromatic heterocycles. The van der Waals surface area contributed by atoms with E-state index in [9.17, 15) is 14.4 Å². The third-order valence-corrected chi connectivity index (χ3v) is 6.64. The number of ether oxygens (including phenoxy) is 2. The highest BCUT2D eigenvalue weighted by molar-refractivity contribution is 5.98. The Morgan fingerprint density at radius 3 is 2.46 bits per heavy atom. The molecule has 4 rings (SSSR count). The fourth-order valence-corrected chi connectivity index (χ4v) is 4.68. The van der Waals surface area contributed by atoms with Gasteiger partial charge in [0.2, 0.25) is 11.8 Å². The quantitative estimate of drug-likeness (QED) is 0.681. The summed E-state index contributed by atoms with van der Waals surface area (Å²) in [4.78, 5) is 47.2. The molecule has 1 aromatic carbocycles. The summed E-state index contributed by atoms with van der Waals surface area (Å²) >= 11 is 0. The van der Waals surface area contributed by atoms with Crippen molar-refractivity contribution in [2.24, 2.45) is 5.92 Å². The maximum absolute atomic E-state index is 13.8. The van der Waals surface area contributed by atoms with E-state index in [1.165, 1.54) is 0 Å². The Bertz CT molecular complexity index is 1050. The number of pyridine rings is 1. The van der Waals surface area contributed by atoms with Crippen LogP contribution in [-0.2, 0) is 20.9 Å². The molecule has 2 aromatic rings. The molecule has 2 aliphatic heterocycles. The lowest BCUT2D eigenvalue weighted by Gasteiger charge is -2.44. The van der Waals surface area contributed by atoms with E-state index < -0.39 is 11.8 Å². The Hall–Kier alpha value is -3.46. The average Bonchev–Trinajstić information content (AvgIpc) is 3.26. The summed E-state index contributed by atoms with van der Waals surface area (Å²) in [6.07, 6.45) is 2.55. The van der Waals surface area contributed by atoms with Crippen molar-refractivity contribution in [1.82, 2.24) is 20.1 Å². The SMILES string of the molecule is COc1ccc(C(=O)N2[C@@H](C(=O)NCc3ccccn3)COC23CCN(C(=O)C(C)C)CC3)cc1. The molecular formula is C26H32N4O5. The van der Waals surface area contributed by atoms with Gasteiger partial charge in [-0.25, -0.2) is 0 Å². The van der Waals surface area contributed by atoms with E-state index in [0.717, 1.165) is 5.69 Å². The van der Waals surface area contributed by atoms with Gasteiger partial charge in [-0.1, -0.05) is 19.9 Å². The normalized spacial score (nSPS) is 19.1. The molecule has 1 atom stereocenters. The standard InChI is InChI=1S/C26H32N4O5/c1-18(2)24(32)29-14-11-26(12-15-29)30(25(33)19-7-9-21(34-3)10-8-19)22(17-35-26)23(31)28-16-20-6-4-5-13-27-20/h4-10,13,18,22H,11-12,14-17H2,1-3H3,(H,28,31)/t22-/m1/s1. The molecule has 186 valence electrons. The highest BCUT2D eigenvalue weighted by atomic mass is 16.5. The summed E-state index contributed by atoms with van der Waals surface area (Å²) < 4.78 is 11.4. The zero-order valence-corrected chi connectivity index (χ0v) is 20.4. The Labute approximate surface area is 205 Å². The van der Waals surface area contributed by atoms with Gasteiger partial charge in [-0.2, -0.15) is 0 Å². The van der Waals surface area contributed by atoms with Crippen molar-refractivity contribution in [2.75, 3.05) is 26.8 Å². The Kier molecular flexibility index (Phi) is 7.35. The van der Waals surface area contributed by atoms with Crippen molar-refractivity contribution in [1.29, 1.82) is 0 Å². The molecule has 0 radical (unpaired) electrons. The first-order valence-electron chi connectivity index (χ1n) is 11.9. The minimum absolute atomic E-state index is 0.0792. The van der Waals surface area contributed by atoms with Crippen molar-refractivity contribution in [3.05, 3.63) is 59.9 Å². The molecule has 2 fully saturated rings. The topological polar surface area (TPSA) is 101 Å². The Balaban J connectivity index is 1.57. The summed E-state index contributed by atoms with van der Waals surface area (Å²) in [7, 11) is 1.56. The van der Waals surface area contributed by atoms with Gasteiger partial charge in [0.05, 0.1) is 26.0 Å². The predicted octanol–water partition coefficient (Wildman–Crippen LogP) is 2.22. The molecule has 1 spiro atoms. The fraction of sp³-hybridized carbons (Fsp3) is 0.462. The molecule has 9 heteroatoms. The molecule has 0 bridgehead atoms. The first kappa shape index (κ1) is 24.7. The van der Waals surface area contributed by atoms with Gasteiger partial charge >= 0.3 is 0 Å². The largest absolute Gasteiger partial charge is 0.497 e. The lowest BCUT2D eigenvalue weighted by Crippen LogP contribution is -2.60. The zero-order valence-electron chi connectivity index (χ0n) is 20.4. The molecule has 3 amide bonds. The number of methoxy groups -OCH3 is 1. The number of piperidine rings is 1. The van der Waals surface area contributed by atoms with Crippen LogP contribution in [0.4, 0.5) is 0 Å². The first-order valence-corrected chi connectivity index (χ1v) is 11.9. The number of benzene rings is 1. The summed E-state index contributed by atoms with van der Waals surface area (Å²) in [5.41, 5.74) is 0.222. The second-order valence-corrected chi connectivity index (χ2v) is 9.20. The zero-order chi connectivity index (χ0) is 25.0. The van der Waals surface area contributed by atoms with Crippen LogP contribution in [-0.4, -0.2) is 71.1 Å². The van der Waals surface area contributed by atoms with Gasteiger partial charge in [-0.15, -0.1) is 0 Å². The number of nitrogens with one attached hydrogen (secondary N) is 1. The summed E-state index contributed by atoms with van der Waals surface area (Å²) in [6, 6.07) is 11.5. The van der Waals surface area contributed by atoms with Crippen LogP contribution in [0.3, 0.4) is 0 Å². The number of carbonyl (C=O) groups is 3. The van der Waals surface area contributed by atoms with Gasteiger partial charge in [0, 0.05) is 43.6 Å². The minimum Gasteiger partial charge on any atom is -0.497 e. The Morgan fingerprint density at radius 2 is 1.86 bits per heavy atom. The number of carbonyl (C=O) groups excluding carboxylic acids is 3. The van der Waals surface area contributed by atoms with E-state index in [4.69, 9.17) is 9.47 Å². The fourth-order valence-electron chi connectivity index (χ4n) is 4.68. The van der Waals surface area contributed by atoms with Crippen LogP contribution in [0.5, 0.6) is 5.75 Å². The van der Waals surface area contributed by atoms with Gasteiger partial charge in [-0.3, -0.25) is 24.3 Å². The smallest absolute Gasteiger partial charge is 0.256 e. The number of rotatable bonds is 6. The molecule has 0 unspecified atom stereocenters. The maximum Gasteiger partial charge on any atom is 0.256 e. The van der Waals surface area contributed by atoms with E-state index in [-0.39, 0.29) is 36.8 Å². The molecule has 2 saturated heterocycles. The molecule has 2 aliphatic rings. The van der Waals surface area contributed by atoms with E-state index in [1.807, 2.05) is 36.9 Å². The van der Waals surface area contributed by atoms with E-state index >= 15 is 0 Å². The van der Waals surface area contributed by atoms with E-state index in [0.29, 0.717) is 37.2 Å². The van der Waals surface area contributed by atoms with Crippen LogP contribution in [0.25, 0.3) is 0 Å². The molecule has 35 heavy (non-hydrogen) atoms. The van der Waals surface area contributed by atoms with Gasteiger partial charge in [0.15, 0.2) is 0 Å². The first-order chi connectivity index (χ1) is 16.8. The van der Waals surface area contributed by atoms with Crippen LogP contribution in [0, 0.1) is 5.92 Å². The van der Waals surface area contributed by atoms with Gasteiger partial charge in [0.25, 0.3) is 5.91 Å². The van der Waals surface area contributed by atoms with Crippen molar-refractivity contribution in [3.8, 4) is 5.75 Å². The molecule has 9 nitrogen and oxygen atoms in total. The van der Waals surface area contributed by atoms with E-state index in [1.54, 1.807) is 42.5 Å². The maximum atomic E-state index is 13.8. The third-order valence-electron chi connectivity index (χ3n) is 6.64. The van der Waals surface area contributed by atoms with Crippen molar-refractivity contribution in [2.45, 2.75) is 45.0 Å². The summed E-state index contributed by atoms with van der Waals surface area (Å²) in [6.45, 7) is 5.02. The Morgan fingerprint density at radius 1 is 1.14 bits per heavy atom. The molecular weight excluding hydrogens is 448 g/mol. The van der Waals surface area contributed by atoms with Crippen molar-refractivity contribution >= 4 is 17.7 Å². The summed E-state index contributed by atoms with van der Waals surface area (Å²) in [5, 5.41) is 2.90. The number of aromatic nitrogens is 1. The monoisotopic (exact) mass is 480 g/mol. The lowest BCUT2D eigenvalue weighted by atomic mass is 9.95. The minimum atomic E-state index is -0.947. The van der Waals surface area contributed by atoms with Gasteiger partial charge in [-0.05, 0) is 36.4 Å². The number of amides is 3. The summed E-state index contributed by atoms with van der Waals surface area (Å²) in [5.74, 6) is 0.0344. The number of likely N-dealkylation sites (tertiary alicyclic amines) is 1. The van der Waals surface area contributed by atoms with Gasteiger partial charge in [0.1, 0.15) is 17.5 Å². The van der Waals surface area contributed by atoms with Crippen LogP contribution in [0.15, 0.2) is 48.7 Å². The van der Waals surface area contributed by atoms with Crippen LogP contribution in [0.2, 0.25) is 0 Å². The average molecular weight is 481 g/mol. The predicted molar refractivity (Wildman–Crippen MR) is 128 cm³/mol. The highest BCUT2D eigenvalue weighted by Gasteiger charge is 2.54. The number of hydrogen-bond acceptors (Lipinski definition) is 6. The van der Waals surface area contributed by atoms with E-state index in [2.05, 4.69) is 10.3 Å². The molecule has 0 saturated carbocycles. The van der Waals surface area contributed by atoms with Crippen molar-refractivity contribution in [3.63, 3.8) is 0 Å². The third kappa shape index (κ3) is 5.14. The number of nitrogens with zero attached hydrogens (tertiary/aromatic N) is 3. The van der Waals surface area contributed by atoms with Crippen molar-refractivity contribution < 1.29 is 23.9 Å². The molecule has 1 N–H and O–H groups in total. The highest BCUT2D eigenvalue weighted by Crippen LogP contribution is 2.39. The van der Waals surface area contributed by atoms with Crippen LogP contribution >= 0.6 is 0 Å². The second-order valence-electron chi connectivity index (χ2n) is 9.20. The lowest BCUT2D eigenvalue weighted by molar-refractivity contribution is -0.146. The number of hydrogen-bond donors (Lipinski definition) is 1. The van der Waals surface area contributed by atoms with Crippen LogP contribution < -0.4 is 10.1 Å². The van der Waals surface area contributed by atoms with Gasteiger partial charge < -0.3 is 19.7 Å². The van der Waals surface area contributed by atoms with Crippen LogP contribution in [0.1, 0.15) is 42.7 Å². The second kappa shape index (κ2) is 10.4.